The Morgan fingerprint density at radius 2 is 1.87 bits per heavy atom. The molecule has 4 N–H and O–H groups in total. The van der Waals surface area contributed by atoms with Gasteiger partial charge in [-0.25, -0.2) is 0 Å². The summed E-state index contributed by atoms with van der Waals surface area (Å²) in [5.74, 6) is 2.17. The van der Waals surface area contributed by atoms with Crippen LogP contribution in [0.3, 0.4) is 0 Å². The average molecular weight is 218 g/mol. The molecule has 1 saturated heterocycles. The topological polar surface area (TPSA) is 99.4 Å². The highest BCUT2D eigenvalue weighted by Gasteiger charge is 2.43. The van der Waals surface area contributed by atoms with Crippen molar-refractivity contribution in [3.05, 3.63) is 0 Å². The van der Waals surface area contributed by atoms with Crippen LogP contribution in [0.1, 0.15) is 0 Å². The number of aliphatic hydroxyl groups excluding tert-OH is 4. The van der Waals surface area contributed by atoms with Crippen molar-refractivity contribution < 1.29 is 29.9 Å². The Balaban J connectivity index is 2.62. The van der Waals surface area contributed by atoms with Crippen LogP contribution in [0, 0.1) is 12.3 Å². The maximum Gasteiger partial charge on any atom is 0.187 e. The normalized spacial score (nSPS) is 41.1. The third-order valence-corrected chi connectivity index (χ3v) is 2.18. The van der Waals surface area contributed by atoms with E-state index < -0.39 is 37.3 Å². The predicted octanol–water partition coefficient (Wildman–Crippen LogP) is -2.56. The first-order valence-corrected chi connectivity index (χ1v) is 4.47. The van der Waals surface area contributed by atoms with Gasteiger partial charge in [-0.2, -0.15) is 0 Å². The van der Waals surface area contributed by atoms with Gasteiger partial charge in [-0.15, -0.1) is 6.42 Å². The lowest BCUT2D eigenvalue weighted by atomic mass is 9.99. The lowest BCUT2D eigenvalue weighted by molar-refractivity contribution is -0.298. The molecule has 0 amide bonds. The molecule has 0 bridgehead atoms. The SMILES string of the molecule is C#CCO[C@@H]1O[C@H](CO)[C@H](O)[C@H](O)[C@H]1O. The quantitative estimate of drug-likeness (QED) is 0.389. The molecule has 0 aromatic rings. The second kappa shape index (κ2) is 5.42. The molecule has 0 aliphatic carbocycles. The monoisotopic (exact) mass is 218 g/mol. The van der Waals surface area contributed by atoms with Gasteiger partial charge in [0.1, 0.15) is 31.0 Å². The molecule has 0 unspecified atom stereocenters. The smallest absolute Gasteiger partial charge is 0.187 e. The van der Waals surface area contributed by atoms with E-state index in [0.29, 0.717) is 0 Å². The first-order chi connectivity index (χ1) is 7.11. The van der Waals surface area contributed by atoms with E-state index in [1.807, 2.05) is 0 Å². The Morgan fingerprint density at radius 1 is 1.20 bits per heavy atom. The van der Waals surface area contributed by atoms with Crippen molar-refractivity contribution in [3.8, 4) is 12.3 Å². The highest BCUT2D eigenvalue weighted by molar-refractivity contribution is 4.90. The van der Waals surface area contributed by atoms with Crippen LogP contribution in [0.15, 0.2) is 0 Å². The van der Waals surface area contributed by atoms with Gasteiger partial charge >= 0.3 is 0 Å². The molecule has 1 aliphatic rings. The molecule has 6 heteroatoms. The van der Waals surface area contributed by atoms with E-state index in [9.17, 15) is 15.3 Å². The van der Waals surface area contributed by atoms with Gasteiger partial charge in [0.2, 0.25) is 0 Å². The number of terminal acetylenes is 1. The second-order valence-electron chi connectivity index (χ2n) is 3.21. The first kappa shape index (κ1) is 12.4. The van der Waals surface area contributed by atoms with Crippen LogP contribution in [0.25, 0.3) is 0 Å². The Kier molecular flexibility index (Phi) is 4.47. The molecule has 1 rings (SSSR count). The maximum absolute atomic E-state index is 9.44. The predicted molar refractivity (Wildman–Crippen MR) is 48.6 cm³/mol. The third kappa shape index (κ3) is 2.66. The number of hydrogen-bond donors (Lipinski definition) is 4. The lowest BCUT2D eigenvalue weighted by Gasteiger charge is -2.39. The summed E-state index contributed by atoms with van der Waals surface area (Å²) in [6.07, 6.45) is -1.36. The van der Waals surface area contributed by atoms with E-state index in [4.69, 9.17) is 21.0 Å². The number of rotatable bonds is 3. The van der Waals surface area contributed by atoms with E-state index in [2.05, 4.69) is 5.92 Å². The van der Waals surface area contributed by atoms with Crippen molar-refractivity contribution >= 4 is 0 Å². The van der Waals surface area contributed by atoms with Gasteiger partial charge in [0.05, 0.1) is 6.61 Å². The van der Waals surface area contributed by atoms with Crippen molar-refractivity contribution in [2.75, 3.05) is 13.2 Å². The molecule has 0 spiro atoms. The van der Waals surface area contributed by atoms with E-state index in [1.165, 1.54) is 0 Å². The summed E-state index contributed by atoms with van der Waals surface area (Å²) in [6, 6.07) is 0. The second-order valence-corrected chi connectivity index (χ2v) is 3.21. The zero-order chi connectivity index (χ0) is 11.4. The Morgan fingerprint density at radius 3 is 2.40 bits per heavy atom. The van der Waals surface area contributed by atoms with Crippen LogP contribution in [-0.4, -0.2) is 64.3 Å². The molecule has 1 heterocycles. The summed E-state index contributed by atoms with van der Waals surface area (Å²) in [5.41, 5.74) is 0. The van der Waals surface area contributed by atoms with Gasteiger partial charge in [0, 0.05) is 0 Å². The van der Waals surface area contributed by atoms with E-state index in [1.54, 1.807) is 0 Å². The molecule has 5 atom stereocenters. The van der Waals surface area contributed by atoms with Crippen LogP contribution in [0.2, 0.25) is 0 Å². The van der Waals surface area contributed by atoms with E-state index >= 15 is 0 Å². The summed E-state index contributed by atoms with van der Waals surface area (Å²) in [4.78, 5) is 0. The summed E-state index contributed by atoms with van der Waals surface area (Å²) in [5, 5.41) is 37.0. The van der Waals surface area contributed by atoms with Gasteiger partial charge in [-0.3, -0.25) is 0 Å². The fourth-order valence-corrected chi connectivity index (χ4v) is 1.34. The average Bonchev–Trinajstić information content (AvgIpc) is 2.25. The zero-order valence-corrected chi connectivity index (χ0v) is 7.98. The first-order valence-electron chi connectivity index (χ1n) is 4.47. The van der Waals surface area contributed by atoms with Gasteiger partial charge in [-0.05, 0) is 0 Å². The Hall–Kier alpha value is -0.680. The van der Waals surface area contributed by atoms with Gasteiger partial charge in [0.25, 0.3) is 0 Å². The van der Waals surface area contributed by atoms with E-state index in [-0.39, 0.29) is 6.61 Å². The van der Waals surface area contributed by atoms with Crippen LogP contribution >= 0.6 is 0 Å². The van der Waals surface area contributed by atoms with Crippen molar-refractivity contribution in [1.29, 1.82) is 0 Å². The zero-order valence-electron chi connectivity index (χ0n) is 7.98. The number of hydrogen-bond acceptors (Lipinski definition) is 6. The fourth-order valence-electron chi connectivity index (χ4n) is 1.34. The minimum atomic E-state index is -1.43. The maximum atomic E-state index is 9.44. The Labute approximate surface area is 87.1 Å². The molecule has 1 aliphatic heterocycles. The molecule has 15 heavy (non-hydrogen) atoms. The van der Waals surface area contributed by atoms with Crippen LogP contribution < -0.4 is 0 Å². The molecule has 1 fully saturated rings. The van der Waals surface area contributed by atoms with Crippen molar-refractivity contribution in [2.45, 2.75) is 30.7 Å². The summed E-state index contributed by atoms with van der Waals surface area (Å²) in [7, 11) is 0. The summed E-state index contributed by atoms with van der Waals surface area (Å²) < 4.78 is 9.91. The molecule has 0 radical (unpaired) electrons. The standard InChI is InChI=1S/C9H14O6/c1-2-3-14-9-8(13)7(12)6(11)5(4-10)15-9/h1,5-13H,3-4H2/t5-,6+,7+,8-,9-/m1/s1. The highest BCUT2D eigenvalue weighted by atomic mass is 16.7. The Bertz CT molecular complexity index is 235. The highest BCUT2D eigenvalue weighted by Crippen LogP contribution is 2.21. The molecule has 0 saturated carbocycles. The van der Waals surface area contributed by atoms with Crippen molar-refractivity contribution in [1.82, 2.24) is 0 Å². The molecular formula is C9H14O6. The molecule has 0 aromatic carbocycles. The third-order valence-electron chi connectivity index (χ3n) is 2.18. The van der Waals surface area contributed by atoms with Crippen molar-refractivity contribution in [2.24, 2.45) is 0 Å². The van der Waals surface area contributed by atoms with Crippen LogP contribution in [0.4, 0.5) is 0 Å². The summed E-state index contributed by atoms with van der Waals surface area (Å²) >= 11 is 0. The summed E-state index contributed by atoms with van der Waals surface area (Å²) in [6.45, 7) is -0.580. The molecule has 6 nitrogen and oxygen atoms in total. The van der Waals surface area contributed by atoms with Gasteiger partial charge < -0.3 is 29.9 Å². The molecule has 86 valence electrons. The van der Waals surface area contributed by atoms with Crippen LogP contribution in [-0.2, 0) is 9.47 Å². The van der Waals surface area contributed by atoms with Gasteiger partial charge in [0.15, 0.2) is 6.29 Å². The minimum Gasteiger partial charge on any atom is -0.394 e. The molecular weight excluding hydrogens is 204 g/mol. The molecule has 0 aromatic heterocycles. The van der Waals surface area contributed by atoms with E-state index in [0.717, 1.165) is 0 Å². The van der Waals surface area contributed by atoms with Crippen molar-refractivity contribution in [3.63, 3.8) is 0 Å². The lowest BCUT2D eigenvalue weighted by Crippen LogP contribution is -2.59. The largest absolute Gasteiger partial charge is 0.394 e. The number of aliphatic hydroxyl groups is 4. The fraction of sp³-hybridized carbons (Fsp3) is 0.778. The minimum absolute atomic E-state index is 0.0946. The van der Waals surface area contributed by atoms with Crippen LogP contribution in [0.5, 0.6) is 0 Å². The van der Waals surface area contributed by atoms with Gasteiger partial charge in [-0.1, -0.05) is 5.92 Å². The number of ether oxygens (including phenoxy) is 2.